The van der Waals surface area contributed by atoms with Crippen molar-refractivity contribution >= 4 is 21.7 Å². The van der Waals surface area contributed by atoms with E-state index < -0.39 is 0 Å². The molecule has 0 bridgehead atoms. The van der Waals surface area contributed by atoms with E-state index in [2.05, 4.69) is 45.0 Å². The predicted molar refractivity (Wildman–Crippen MR) is 80.0 cm³/mol. The molecule has 1 N–H and O–H groups in total. The monoisotopic (exact) mass is 311 g/mol. The van der Waals surface area contributed by atoms with Crippen LogP contribution in [0.1, 0.15) is 31.7 Å². The molecule has 18 heavy (non-hydrogen) atoms. The summed E-state index contributed by atoms with van der Waals surface area (Å²) in [5, 5.41) is 3.50. The van der Waals surface area contributed by atoms with Crippen molar-refractivity contribution in [3.8, 4) is 0 Å². The maximum Gasteiger partial charge on any atom is 0.140 e. The Labute approximate surface area is 118 Å². The predicted octanol–water partition coefficient (Wildman–Crippen LogP) is 3.44. The first-order valence-electron chi connectivity index (χ1n) is 6.77. The van der Waals surface area contributed by atoms with Gasteiger partial charge in [-0.15, -0.1) is 0 Å². The average molecular weight is 312 g/mol. The van der Waals surface area contributed by atoms with Crippen LogP contribution in [0.2, 0.25) is 0 Å². The number of nitrogens with zero attached hydrogens (tertiary/aromatic N) is 2. The maximum atomic E-state index is 4.40. The molecule has 1 aromatic rings. The second kappa shape index (κ2) is 6.53. The van der Waals surface area contributed by atoms with Gasteiger partial charge in [-0.3, -0.25) is 0 Å². The average Bonchev–Trinajstić information content (AvgIpc) is 2.36. The fourth-order valence-electron chi connectivity index (χ4n) is 2.45. The molecule has 0 radical (unpaired) electrons. The van der Waals surface area contributed by atoms with E-state index in [0.717, 1.165) is 16.8 Å². The molecule has 0 saturated carbocycles. The van der Waals surface area contributed by atoms with Crippen molar-refractivity contribution in [3.05, 3.63) is 22.3 Å². The van der Waals surface area contributed by atoms with Crippen LogP contribution in [-0.4, -0.2) is 35.6 Å². The SMILES string of the molecule is Cc1ccnc(NC(C)CN2CCCCC2)c1Br. The highest BCUT2D eigenvalue weighted by atomic mass is 79.9. The van der Waals surface area contributed by atoms with Crippen LogP contribution in [0.5, 0.6) is 0 Å². The first-order chi connectivity index (χ1) is 8.66. The van der Waals surface area contributed by atoms with Crippen LogP contribution >= 0.6 is 15.9 Å². The van der Waals surface area contributed by atoms with E-state index >= 15 is 0 Å². The van der Waals surface area contributed by atoms with Crippen LogP contribution in [0.3, 0.4) is 0 Å². The van der Waals surface area contributed by atoms with Crippen molar-refractivity contribution in [1.29, 1.82) is 0 Å². The summed E-state index contributed by atoms with van der Waals surface area (Å²) in [5.41, 5.74) is 1.22. The summed E-state index contributed by atoms with van der Waals surface area (Å²) in [4.78, 5) is 6.94. The van der Waals surface area contributed by atoms with Gasteiger partial charge in [-0.1, -0.05) is 6.42 Å². The number of hydrogen-bond acceptors (Lipinski definition) is 3. The number of pyridine rings is 1. The zero-order valence-electron chi connectivity index (χ0n) is 11.2. The van der Waals surface area contributed by atoms with Crippen molar-refractivity contribution < 1.29 is 0 Å². The quantitative estimate of drug-likeness (QED) is 0.923. The normalized spacial score (nSPS) is 18.6. The van der Waals surface area contributed by atoms with E-state index in [1.807, 2.05) is 12.3 Å². The number of nitrogens with one attached hydrogen (secondary N) is 1. The second-order valence-electron chi connectivity index (χ2n) is 5.20. The molecule has 0 aliphatic carbocycles. The van der Waals surface area contributed by atoms with Crippen molar-refractivity contribution in [2.24, 2.45) is 0 Å². The standard InChI is InChI=1S/C14H22BrN3/c1-11-6-7-16-14(13(11)15)17-12(2)10-18-8-4-3-5-9-18/h6-7,12H,3-5,8-10H2,1-2H3,(H,16,17). The molecule has 1 aromatic heterocycles. The van der Waals surface area contributed by atoms with Gasteiger partial charge in [-0.05, 0) is 67.3 Å². The number of aryl methyl sites for hydroxylation is 1. The number of likely N-dealkylation sites (tertiary alicyclic amines) is 1. The minimum absolute atomic E-state index is 0.425. The Hall–Kier alpha value is -0.610. The highest BCUT2D eigenvalue weighted by Crippen LogP contribution is 2.24. The van der Waals surface area contributed by atoms with Crippen LogP contribution in [0.25, 0.3) is 0 Å². The first-order valence-corrected chi connectivity index (χ1v) is 7.56. The lowest BCUT2D eigenvalue weighted by Crippen LogP contribution is -2.38. The summed E-state index contributed by atoms with van der Waals surface area (Å²) in [7, 11) is 0. The van der Waals surface area contributed by atoms with Gasteiger partial charge in [0.15, 0.2) is 0 Å². The number of hydrogen-bond donors (Lipinski definition) is 1. The molecular weight excluding hydrogens is 290 g/mol. The van der Waals surface area contributed by atoms with Crippen LogP contribution in [0.4, 0.5) is 5.82 Å². The molecular formula is C14H22BrN3. The summed E-state index contributed by atoms with van der Waals surface area (Å²) >= 11 is 3.60. The van der Waals surface area contributed by atoms with Gasteiger partial charge < -0.3 is 10.2 Å². The Balaban J connectivity index is 1.90. The van der Waals surface area contributed by atoms with E-state index in [0.29, 0.717) is 6.04 Å². The smallest absolute Gasteiger partial charge is 0.140 e. The molecule has 0 aromatic carbocycles. The summed E-state index contributed by atoms with van der Waals surface area (Å²) in [6, 6.07) is 2.44. The molecule has 3 nitrogen and oxygen atoms in total. The van der Waals surface area contributed by atoms with Gasteiger partial charge in [0.1, 0.15) is 5.82 Å². The molecule has 1 saturated heterocycles. The van der Waals surface area contributed by atoms with Crippen molar-refractivity contribution in [3.63, 3.8) is 0 Å². The number of anilines is 1. The van der Waals surface area contributed by atoms with Gasteiger partial charge >= 0.3 is 0 Å². The lowest BCUT2D eigenvalue weighted by atomic mass is 10.1. The fraction of sp³-hybridized carbons (Fsp3) is 0.643. The van der Waals surface area contributed by atoms with Crippen molar-refractivity contribution in [2.45, 2.75) is 39.2 Å². The largest absolute Gasteiger partial charge is 0.365 e. The molecule has 1 fully saturated rings. The molecule has 1 aliphatic heterocycles. The highest BCUT2D eigenvalue weighted by molar-refractivity contribution is 9.10. The first kappa shape index (κ1) is 13.8. The number of halogens is 1. The van der Waals surface area contributed by atoms with Gasteiger partial charge in [0.2, 0.25) is 0 Å². The Morgan fingerprint density at radius 1 is 1.39 bits per heavy atom. The second-order valence-corrected chi connectivity index (χ2v) is 5.99. The van der Waals surface area contributed by atoms with E-state index in [1.165, 1.54) is 37.9 Å². The lowest BCUT2D eigenvalue weighted by molar-refractivity contribution is 0.223. The van der Waals surface area contributed by atoms with Crippen molar-refractivity contribution in [1.82, 2.24) is 9.88 Å². The molecule has 4 heteroatoms. The zero-order chi connectivity index (χ0) is 13.0. The van der Waals surface area contributed by atoms with E-state index in [9.17, 15) is 0 Å². The van der Waals surface area contributed by atoms with Gasteiger partial charge in [0.25, 0.3) is 0 Å². The Morgan fingerprint density at radius 3 is 2.83 bits per heavy atom. The van der Waals surface area contributed by atoms with Gasteiger partial charge in [0.05, 0.1) is 4.47 Å². The van der Waals surface area contributed by atoms with Gasteiger partial charge in [0, 0.05) is 18.8 Å². The van der Waals surface area contributed by atoms with Gasteiger partial charge in [-0.25, -0.2) is 4.98 Å². The topological polar surface area (TPSA) is 28.2 Å². The molecule has 1 atom stereocenters. The fourth-order valence-corrected chi connectivity index (χ4v) is 2.80. The van der Waals surface area contributed by atoms with E-state index in [4.69, 9.17) is 0 Å². The summed E-state index contributed by atoms with van der Waals surface area (Å²) in [5.74, 6) is 0.958. The minimum Gasteiger partial charge on any atom is -0.365 e. The number of aromatic nitrogens is 1. The Bertz CT molecular complexity index is 389. The zero-order valence-corrected chi connectivity index (χ0v) is 12.8. The molecule has 0 spiro atoms. The van der Waals surface area contributed by atoms with E-state index in [-0.39, 0.29) is 0 Å². The summed E-state index contributed by atoms with van der Waals surface area (Å²) in [6.45, 7) is 7.90. The van der Waals surface area contributed by atoms with Crippen LogP contribution < -0.4 is 5.32 Å². The molecule has 1 aliphatic rings. The Morgan fingerprint density at radius 2 is 2.11 bits per heavy atom. The van der Waals surface area contributed by atoms with Gasteiger partial charge in [-0.2, -0.15) is 0 Å². The molecule has 2 heterocycles. The summed E-state index contributed by atoms with van der Waals surface area (Å²) in [6.07, 6.45) is 5.94. The lowest BCUT2D eigenvalue weighted by Gasteiger charge is -2.29. The van der Waals surface area contributed by atoms with E-state index in [1.54, 1.807) is 0 Å². The van der Waals surface area contributed by atoms with Crippen LogP contribution in [-0.2, 0) is 0 Å². The molecule has 2 rings (SSSR count). The third-order valence-electron chi connectivity index (χ3n) is 3.45. The van der Waals surface area contributed by atoms with Crippen molar-refractivity contribution in [2.75, 3.05) is 25.0 Å². The molecule has 1 unspecified atom stereocenters. The summed E-state index contributed by atoms with van der Waals surface area (Å²) < 4.78 is 1.08. The maximum absolute atomic E-state index is 4.40. The Kier molecular flexibility index (Phi) is 5.01. The van der Waals surface area contributed by atoms with Crippen LogP contribution in [0.15, 0.2) is 16.7 Å². The third kappa shape index (κ3) is 3.69. The highest BCUT2D eigenvalue weighted by Gasteiger charge is 2.14. The number of rotatable bonds is 4. The minimum atomic E-state index is 0.425. The molecule has 0 amide bonds. The third-order valence-corrected chi connectivity index (χ3v) is 4.45. The van der Waals surface area contributed by atoms with Crippen LogP contribution in [0, 0.1) is 6.92 Å². The molecule has 100 valence electrons. The number of piperidine rings is 1.